The number of benzene rings is 1. The lowest BCUT2D eigenvalue weighted by Gasteiger charge is -2.23. The lowest BCUT2D eigenvalue weighted by atomic mass is 9.99. The maximum Gasteiger partial charge on any atom is 0.193 e. The number of aliphatic imine (C=N–C) groups is 1. The molecule has 0 spiro atoms. The van der Waals surface area contributed by atoms with Crippen molar-refractivity contribution in [1.82, 2.24) is 15.5 Å². The Morgan fingerprint density at radius 1 is 1.25 bits per heavy atom. The predicted molar refractivity (Wildman–Crippen MR) is 115 cm³/mol. The van der Waals surface area contributed by atoms with Crippen LogP contribution in [0.25, 0.3) is 0 Å². The zero-order valence-electron chi connectivity index (χ0n) is 15.5. The Morgan fingerprint density at radius 2 is 1.96 bits per heavy atom. The van der Waals surface area contributed by atoms with Gasteiger partial charge in [0.1, 0.15) is 0 Å². The first-order valence-corrected chi connectivity index (χ1v) is 8.83. The van der Waals surface area contributed by atoms with E-state index in [4.69, 9.17) is 4.99 Å². The first-order valence-electron chi connectivity index (χ1n) is 8.83. The molecule has 0 amide bonds. The van der Waals surface area contributed by atoms with E-state index in [1.807, 2.05) is 0 Å². The van der Waals surface area contributed by atoms with Gasteiger partial charge in [0.2, 0.25) is 0 Å². The molecule has 4 nitrogen and oxygen atoms in total. The van der Waals surface area contributed by atoms with E-state index < -0.39 is 0 Å². The first-order chi connectivity index (χ1) is 11.0. The van der Waals surface area contributed by atoms with Crippen molar-refractivity contribution in [2.75, 3.05) is 32.7 Å². The highest BCUT2D eigenvalue weighted by Crippen LogP contribution is 2.26. The van der Waals surface area contributed by atoms with Gasteiger partial charge in [0.05, 0.1) is 6.54 Å². The third-order valence-electron chi connectivity index (χ3n) is 4.12. The fraction of sp³-hybridized carbons (Fsp3) is 0.632. The second-order valence-electron chi connectivity index (χ2n) is 7.25. The number of rotatable bonds is 5. The van der Waals surface area contributed by atoms with E-state index in [2.05, 4.69) is 73.6 Å². The smallest absolute Gasteiger partial charge is 0.193 e. The summed E-state index contributed by atoms with van der Waals surface area (Å²) in [5.41, 5.74) is 1.60. The zero-order chi connectivity index (χ0) is 16.7. The summed E-state index contributed by atoms with van der Waals surface area (Å²) < 4.78 is 0. The molecular weight excluding hydrogens is 411 g/mol. The van der Waals surface area contributed by atoms with Crippen molar-refractivity contribution in [3.63, 3.8) is 0 Å². The van der Waals surface area contributed by atoms with Crippen molar-refractivity contribution in [2.24, 2.45) is 4.99 Å². The predicted octanol–water partition coefficient (Wildman–Crippen LogP) is 3.45. The topological polar surface area (TPSA) is 39.7 Å². The largest absolute Gasteiger partial charge is 0.357 e. The Kier molecular flexibility index (Phi) is 9.05. The summed E-state index contributed by atoms with van der Waals surface area (Å²) in [5.74, 6) is 1.68. The minimum absolute atomic E-state index is 0. The number of guanidine groups is 1. The van der Waals surface area contributed by atoms with Gasteiger partial charge in [-0.05, 0) is 39.7 Å². The molecule has 5 heteroatoms. The lowest BCUT2D eigenvalue weighted by molar-refractivity contribution is 0.430. The minimum Gasteiger partial charge on any atom is -0.357 e. The molecule has 0 aliphatic carbocycles. The fourth-order valence-corrected chi connectivity index (χ4v) is 2.97. The Bertz CT molecular complexity index is 496. The average molecular weight is 444 g/mol. The van der Waals surface area contributed by atoms with Gasteiger partial charge in [-0.15, -0.1) is 24.0 Å². The molecular formula is C19H33IN4. The van der Waals surface area contributed by atoms with Gasteiger partial charge in [-0.25, -0.2) is 0 Å². The van der Waals surface area contributed by atoms with Crippen molar-refractivity contribution in [3.05, 3.63) is 35.9 Å². The number of hydrogen-bond donors (Lipinski definition) is 2. The SMILES string of the molecule is CCNC(=NCCNC(C)(C)C)N1CCC(c2ccccc2)C1.I. The van der Waals surface area contributed by atoms with Crippen molar-refractivity contribution in [3.8, 4) is 0 Å². The van der Waals surface area contributed by atoms with Crippen LogP contribution in [0.3, 0.4) is 0 Å². The summed E-state index contributed by atoms with van der Waals surface area (Å²) in [6.45, 7) is 13.5. The number of nitrogens with zero attached hydrogens (tertiary/aromatic N) is 2. The molecule has 1 unspecified atom stereocenters. The fourth-order valence-electron chi connectivity index (χ4n) is 2.97. The van der Waals surface area contributed by atoms with Gasteiger partial charge in [-0.1, -0.05) is 30.3 Å². The number of halogens is 1. The van der Waals surface area contributed by atoms with Crippen LogP contribution in [0.1, 0.15) is 45.6 Å². The molecule has 24 heavy (non-hydrogen) atoms. The van der Waals surface area contributed by atoms with E-state index >= 15 is 0 Å². The Balaban J connectivity index is 0.00000288. The van der Waals surface area contributed by atoms with Gasteiger partial charge in [-0.2, -0.15) is 0 Å². The maximum atomic E-state index is 4.80. The third-order valence-corrected chi connectivity index (χ3v) is 4.12. The molecule has 1 atom stereocenters. The second-order valence-corrected chi connectivity index (χ2v) is 7.25. The lowest BCUT2D eigenvalue weighted by Crippen LogP contribution is -2.41. The quantitative estimate of drug-likeness (QED) is 0.316. The van der Waals surface area contributed by atoms with Crippen LogP contribution in [0.5, 0.6) is 0 Å². The Hall–Kier alpha value is -0.820. The standard InChI is InChI=1S/C19H32N4.HI/c1-5-20-18(21-12-13-22-19(2,3)4)23-14-11-17(15-23)16-9-7-6-8-10-16;/h6-10,17,22H,5,11-15H2,1-4H3,(H,20,21);1H. The van der Waals surface area contributed by atoms with Crippen LogP contribution < -0.4 is 10.6 Å². The summed E-state index contributed by atoms with van der Waals surface area (Å²) >= 11 is 0. The minimum atomic E-state index is 0. The summed E-state index contributed by atoms with van der Waals surface area (Å²) in [7, 11) is 0. The molecule has 1 aliphatic rings. The van der Waals surface area contributed by atoms with Crippen LogP contribution in [-0.4, -0.2) is 49.1 Å². The monoisotopic (exact) mass is 444 g/mol. The molecule has 1 saturated heterocycles. The molecule has 0 radical (unpaired) electrons. The van der Waals surface area contributed by atoms with Gasteiger partial charge in [0.25, 0.3) is 0 Å². The summed E-state index contributed by atoms with van der Waals surface area (Å²) in [4.78, 5) is 7.20. The van der Waals surface area contributed by atoms with Crippen LogP contribution in [0, 0.1) is 0 Å². The summed E-state index contributed by atoms with van der Waals surface area (Å²) in [6, 6.07) is 10.8. The van der Waals surface area contributed by atoms with E-state index in [9.17, 15) is 0 Å². The van der Waals surface area contributed by atoms with Gasteiger partial charge < -0.3 is 15.5 Å². The molecule has 1 heterocycles. The second kappa shape index (κ2) is 10.2. The van der Waals surface area contributed by atoms with Gasteiger partial charge in [-0.3, -0.25) is 4.99 Å². The highest BCUT2D eigenvalue weighted by Gasteiger charge is 2.25. The zero-order valence-corrected chi connectivity index (χ0v) is 17.8. The van der Waals surface area contributed by atoms with Crippen LogP contribution in [-0.2, 0) is 0 Å². The van der Waals surface area contributed by atoms with E-state index in [0.29, 0.717) is 5.92 Å². The highest BCUT2D eigenvalue weighted by molar-refractivity contribution is 14.0. The first kappa shape index (κ1) is 21.2. The summed E-state index contributed by atoms with van der Waals surface area (Å²) in [5, 5.41) is 6.93. The van der Waals surface area contributed by atoms with Gasteiger partial charge in [0.15, 0.2) is 5.96 Å². The summed E-state index contributed by atoms with van der Waals surface area (Å²) in [6.07, 6.45) is 1.20. The number of hydrogen-bond acceptors (Lipinski definition) is 2. The molecule has 1 fully saturated rings. The van der Waals surface area contributed by atoms with Crippen molar-refractivity contribution < 1.29 is 0 Å². The molecule has 2 N–H and O–H groups in total. The van der Waals surface area contributed by atoms with E-state index in [0.717, 1.165) is 38.7 Å². The Labute approximate surface area is 164 Å². The Morgan fingerprint density at radius 3 is 2.58 bits per heavy atom. The van der Waals surface area contributed by atoms with Gasteiger partial charge >= 0.3 is 0 Å². The van der Waals surface area contributed by atoms with Crippen molar-refractivity contribution in [1.29, 1.82) is 0 Å². The van der Waals surface area contributed by atoms with Crippen LogP contribution in [0.2, 0.25) is 0 Å². The number of nitrogens with one attached hydrogen (secondary N) is 2. The van der Waals surface area contributed by atoms with Crippen LogP contribution in [0.15, 0.2) is 35.3 Å². The third kappa shape index (κ3) is 6.97. The average Bonchev–Trinajstić information content (AvgIpc) is 3.00. The molecule has 0 bridgehead atoms. The molecule has 1 aliphatic heterocycles. The normalized spacial score (nSPS) is 18.4. The van der Waals surface area contributed by atoms with Gasteiger partial charge in [0, 0.05) is 37.6 Å². The molecule has 1 aromatic rings. The maximum absolute atomic E-state index is 4.80. The number of likely N-dealkylation sites (tertiary alicyclic amines) is 1. The molecule has 0 saturated carbocycles. The molecule has 136 valence electrons. The molecule has 0 aromatic heterocycles. The molecule has 1 aromatic carbocycles. The van der Waals surface area contributed by atoms with E-state index in [1.165, 1.54) is 12.0 Å². The molecule has 2 rings (SSSR count). The van der Waals surface area contributed by atoms with E-state index in [1.54, 1.807) is 0 Å². The van der Waals surface area contributed by atoms with Crippen molar-refractivity contribution in [2.45, 2.75) is 45.6 Å². The van der Waals surface area contributed by atoms with Crippen molar-refractivity contribution >= 4 is 29.9 Å². The van der Waals surface area contributed by atoms with Crippen LogP contribution in [0.4, 0.5) is 0 Å². The van der Waals surface area contributed by atoms with Crippen LogP contribution >= 0.6 is 24.0 Å². The highest BCUT2D eigenvalue weighted by atomic mass is 127. The van der Waals surface area contributed by atoms with E-state index in [-0.39, 0.29) is 29.5 Å².